The first-order chi connectivity index (χ1) is 10.9. The Hall–Kier alpha value is -1.37. The quantitative estimate of drug-likeness (QED) is 0.796. The van der Waals surface area contributed by atoms with E-state index in [9.17, 15) is 0 Å². The molecule has 2 N–H and O–H groups in total. The standard InChI is InChI=1S/C16H22N4OS/c21-10-11-22-16-19-18-15(14-6-8-17-9-7-14)20(16)12-13-4-2-1-3-5-13/h1-5,14,17,21H,6-12H2. The smallest absolute Gasteiger partial charge is 0.191 e. The Morgan fingerprint density at radius 2 is 1.95 bits per heavy atom. The van der Waals surface area contributed by atoms with E-state index in [0.29, 0.717) is 11.7 Å². The molecular weight excluding hydrogens is 296 g/mol. The van der Waals surface area contributed by atoms with Crippen LogP contribution in [0.25, 0.3) is 0 Å². The predicted octanol–water partition coefficient (Wildman–Crippen LogP) is 1.88. The van der Waals surface area contributed by atoms with E-state index in [2.05, 4.69) is 44.3 Å². The number of nitrogens with one attached hydrogen (secondary N) is 1. The van der Waals surface area contributed by atoms with Crippen LogP contribution in [0, 0.1) is 0 Å². The number of hydrogen-bond acceptors (Lipinski definition) is 5. The lowest BCUT2D eigenvalue weighted by Gasteiger charge is -2.22. The molecule has 3 rings (SSSR count). The van der Waals surface area contributed by atoms with E-state index in [1.165, 1.54) is 5.56 Å². The van der Waals surface area contributed by atoms with E-state index in [-0.39, 0.29) is 6.61 Å². The molecule has 0 radical (unpaired) electrons. The molecule has 0 aliphatic carbocycles. The third-order valence-electron chi connectivity index (χ3n) is 3.96. The fraction of sp³-hybridized carbons (Fsp3) is 0.500. The van der Waals surface area contributed by atoms with Crippen molar-refractivity contribution in [1.82, 2.24) is 20.1 Å². The molecule has 1 aromatic heterocycles. The Balaban J connectivity index is 1.86. The SMILES string of the molecule is OCCSc1nnc(C2CCNCC2)n1Cc1ccccc1. The zero-order valence-corrected chi connectivity index (χ0v) is 13.4. The van der Waals surface area contributed by atoms with Gasteiger partial charge in [-0.05, 0) is 31.5 Å². The Kier molecular flexibility index (Phi) is 5.48. The molecule has 0 unspecified atom stereocenters. The van der Waals surface area contributed by atoms with Gasteiger partial charge in [-0.2, -0.15) is 0 Å². The van der Waals surface area contributed by atoms with Crippen LogP contribution in [0.1, 0.15) is 30.1 Å². The molecule has 22 heavy (non-hydrogen) atoms. The normalized spacial score (nSPS) is 16.0. The first-order valence-electron chi connectivity index (χ1n) is 7.80. The fourth-order valence-corrected chi connectivity index (χ4v) is 3.53. The summed E-state index contributed by atoms with van der Waals surface area (Å²) in [5.41, 5.74) is 1.25. The van der Waals surface area contributed by atoms with Crippen LogP contribution >= 0.6 is 11.8 Å². The van der Waals surface area contributed by atoms with Crippen molar-refractivity contribution in [2.24, 2.45) is 0 Å². The summed E-state index contributed by atoms with van der Waals surface area (Å²) in [7, 11) is 0. The minimum atomic E-state index is 0.158. The number of thioether (sulfide) groups is 1. The van der Waals surface area contributed by atoms with Crippen LogP contribution in [0.2, 0.25) is 0 Å². The van der Waals surface area contributed by atoms with Gasteiger partial charge in [0.1, 0.15) is 5.82 Å². The Labute approximate surface area is 135 Å². The Morgan fingerprint density at radius 1 is 1.18 bits per heavy atom. The van der Waals surface area contributed by atoms with Crippen molar-refractivity contribution in [1.29, 1.82) is 0 Å². The minimum Gasteiger partial charge on any atom is -0.396 e. The fourth-order valence-electron chi connectivity index (χ4n) is 2.84. The molecule has 1 saturated heterocycles. The molecule has 118 valence electrons. The van der Waals surface area contributed by atoms with Crippen molar-refractivity contribution < 1.29 is 5.11 Å². The molecule has 2 heterocycles. The lowest BCUT2D eigenvalue weighted by Crippen LogP contribution is -2.28. The van der Waals surface area contributed by atoms with Crippen molar-refractivity contribution in [2.45, 2.75) is 30.5 Å². The number of hydrogen-bond donors (Lipinski definition) is 2. The van der Waals surface area contributed by atoms with Gasteiger partial charge < -0.3 is 15.0 Å². The first kappa shape index (κ1) is 15.5. The average Bonchev–Trinajstić information content (AvgIpc) is 2.97. The summed E-state index contributed by atoms with van der Waals surface area (Å²) >= 11 is 1.57. The van der Waals surface area contributed by atoms with Crippen molar-refractivity contribution >= 4 is 11.8 Å². The van der Waals surface area contributed by atoms with Crippen LogP contribution < -0.4 is 5.32 Å². The van der Waals surface area contributed by atoms with E-state index in [0.717, 1.165) is 43.5 Å². The van der Waals surface area contributed by atoms with Gasteiger partial charge in [-0.3, -0.25) is 0 Å². The molecule has 2 aromatic rings. The van der Waals surface area contributed by atoms with E-state index in [4.69, 9.17) is 5.11 Å². The van der Waals surface area contributed by atoms with Gasteiger partial charge in [0.25, 0.3) is 0 Å². The topological polar surface area (TPSA) is 63.0 Å². The zero-order chi connectivity index (χ0) is 15.2. The number of piperidine rings is 1. The molecule has 0 amide bonds. The molecular formula is C16H22N4OS. The molecule has 1 fully saturated rings. The second-order valence-corrected chi connectivity index (χ2v) is 6.57. The molecule has 0 atom stereocenters. The second kappa shape index (κ2) is 7.76. The number of aliphatic hydroxyl groups excluding tert-OH is 1. The van der Waals surface area contributed by atoms with Crippen LogP contribution in [0.4, 0.5) is 0 Å². The van der Waals surface area contributed by atoms with Gasteiger partial charge in [0.2, 0.25) is 0 Å². The summed E-state index contributed by atoms with van der Waals surface area (Å²) < 4.78 is 2.23. The van der Waals surface area contributed by atoms with Crippen LogP contribution in [-0.2, 0) is 6.54 Å². The third kappa shape index (κ3) is 3.69. The highest BCUT2D eigenvalue weighted by molar-refractivity contribution is 7.99. The van der Waals surface area contributed by atoms with Gasteiger partial charge in [-0.1, -0.05) is 42.1 Å². The number of benzene rings is 1. The summed E-state index contributed by atoms with van der Waals surface area (Å²) in [6.07, 6.45) is 2.22. The molecule has 1 aromatic carbocycles. The van der Waals surface area contributed by atoms with Crippen molar-refractivity contribution in [3.8, 4) is 0 Å². The Morgan fingerprint density at radius 3 is 2.68 bits per heavy atom. The summed E-state index contributed by atoms with van der Waals surface area (Å²) in [5.74, 6) is 2.21. The lowest BCUT2D eigenvalue weighted by molar-refractivity contribution is 0.322. The van der Waals surface area contributed by atoms with E-state index >= 15 is 0 Å². The highest BCUT2D eigenvalue weighted by atomic mass is 32.2. The molecule has 0 bridgehead atoms. The van der Waals surface area contributed by atoms with E-state index < -0.39 is 0 Å². The monoisotopic (exact) mass is 318 g/mol. The highest BCUT2D eigenvalue weighted by Gasteiger charge is 2.23. The molecule has 0 saturated carbocycles. The van der Waals surface area contributed by atoms with Gasteiger partial charge in [0, 0.05) is 11.7 Å². The molecule has 6 heteroatoms. The summed E-state index contributed by atoms with van der Waals surface area (Å²) in [5, 5.41) is 22.2. The van der Waals surface area contributed by atoms with Gasteiger partial charge >= 0.3 is 0 Å². The van der Waals surface area contributed by atoms with Crippen LogP contribution in [-0.4, -0.2) is 45.3 Å². The number of rotatable bonds is 6. The van der Waals surface area contributed by atoms with E-state index in [1.54, 1.807) is 11.8 Å². The van der Waals surface area contributed by atoms with Gasteiger partial charge in [-0.25, -0.2) is 0 Å². The number of nitrogens with zero attached hydrogens (tertiary/aromatic N) is 3. The average molecular weight is 318 g/mol. The minimum absolute atomic E-state index is 0.158. The summed E-state index contributed by atoms with van der Waals surface area (Å²) in [4.78, 5) is 0. The highest BCUT2D eigenvalue weighted by Crippen LogP contribution is 2.28. The molecule has 5 nitrogen and oxygen atoms in total. The van der Waals surface area contributed by atoms with Crippen LogP contribution in [0.5, 0.6) is 0 Å². The number of aromatic nitrogens is 3. The van der Waals surface area contributed by atoms with E-state index in [1.807, 2.05) is 6.07 Å². The molecule has 0 spiro atoms. The third-order valence-corrected chi connectivity index (χ3v) is 4.90. The maximum absolute atomic E-state index is 9.08. The summed E-state index contributed by atoms with van der Waals surface area (Å²) in [6, 6.07) is 10.4. The van der Waals surface area contributed by atoms with Crippen molar-refractivity contribution in [3.05, 3.63) is 41.7 Å². The number of aliphatic hydroxyl groups is 1. The zero-order valence-electron chi connectivity index (χ0n) is 12.6. The van der Waals surface area contributed by atoms with Crippen LogP contribution in [0.15, 0.2) is 35.5 Å². The maximum Gasteiger partial charge on any atom is 0.191 e. The first-order valence-corrected chi connectivity index (χ1v) is 8.78. The largest absolute Gasteiger partial charge is 0.396 e. The predicted molar refractivity (Wildman–Crippen MR) is 88.2 cm³/mol. The molecule has 1 aliphatic rings. The summed E-state index contributed by atoms with van der Waals surface area (Å²) in [6.45, 7) is 3.04. The van der Waals surface area contributed by atoms with Gasteiger partial charge in [0.05, 0.1) is 13.2 Å². The lowest BCUT2D eigenvalue weighted by atomic mass is 9.97. The van der Waals surface area contributed by atoms with Crippen molar-refractivity contribution in [2.75, 3.05) is 25.4 Å². The Bertz CT molecular complexity index is 581. The van der Waals surface area contributed by atoms with Crippen molar-refractivity contribution in [3.63, 3.8) is 0 Å². The second-order valence-electron chi connectivity index (χ2n) is 5.51. The van der Waals surface area contributed by atoms with Gasteiger partial charge in [-0.15, -0.1) is 10.2 Å². The molecule has 1 aliphatic heterocycles. The van der Waals surface area contributed by atoms with Gasteiger partial charge in [0.15, 0.2) is 5.16 Å². The van der Waals surface area contributed by atoms with Crippen LogP contribution in [0.3, 0.4) is 0 Å². The maximum atomic E-state index is 9.08.